The van der Waals surface area contributed by atoms with E-state index in [-0.39, 0.29) is 0 Å². The maximum atomic E-state index is 4.44. The zero-order chi connectivity index (χ0) is 12.4. The predicted molar refractivity (Wildman–Crippen MR) is 67.1 cm³/mol. The van der Waals surface area contributed by atoms with Crippen molar-refractivity contribution in [1.82, 2.24) is 24.7 Å². The Labute approximate surface area is 104 Å². The number of aryl methyl sites for hydroxylation is 1. The molecule has 0 spiro atoms. The van der Waals surface area contributed by atoms with Crippen LogP contribution in [0.25, 0.3) is 17.2 Å². The van der Waals surface area contributed by atoms with Crippen LogP contribution < -0.4 is 0 Å². The minimum atomic E-state index is 0.754. The van der Waals surface area contributed by atoms with E-state index in [1.807, 2.05) is 31.3 Å². The van der Waals surface area contributed by atoms with Crippen molar-refractivity contribution in [2.45, 2.75) is 6.92 Å². The largest absolute Gasteiger partial charge is 0.261 e. The molecule has 0 atom stereocenters. The third kappa shape index (κ3) is 1.98. The van der Waals surface area contributed by atoms with Crippen LogP contribution in [0.5, 0.6) is 0 Å². The van der Waals surface area contributed by atoms with E-state index in [1.165, 1.54) is 0 Å². The van der Waals surface area contributed by atoms with E-state index in [2.05, 4.69) is 20.1 Å². The zero-order valence-electron chi connectivity index (χ0n) is 9.85. The van der Waals surface area contributed by atoms with E-state index in [0.29, 0.717) is 0 Å². The molecule has 0 aliphatic heterocycles. The van der Waals surface area contributed by atoms with Gasteiger partial charge < -0.3 is 0 Å². The Bertz CT molecular complexity index is 660. The van der Waals surface area contributed by atoms with Crippen LogP contribution in [0.4, 0.5) is 0 Å². The van der Waals surface area contributed by atoms with Crippen molar-refractivity contribution in [3.63, 3.8) is 0 Å². The quantitative estimate of drug-likeness (QED) is 0.684. The first kappa shape index (κ1) is 10.6. The molecule has 88 valence electrons. The van der Waals surface area contributed by atoms with Gasteiger partial charge in [0.1, 0.15) is 11.4 Å². The van der Waals surface area contributed by atoms with Crippen LogP contribution in [0.1, 0.15) is 5.56 Å². The molecule has 0 unspecified atom stereocenters. The Morgan fingerprint density at radius 3 is 2.72 bits per heavy atom. The van der Waals surface area contributed by atoms with Gasteiger partial charge >= 0.3 is 0 Å². The van der Waals surface area contributed by atoms with Gasteiger partial charge in [-0.1, -0.05) is 0 Å². The van der Waals surface area contributed by atoms with Crippen LogP contribution in [-0.4, -0.2) is 24.7 Å². The summed E-state index contributed by atoms with van der Waals surface area (Å²) in [5, 5.41) is 4.44. The first-order valence-corrected chi connectivity index (χ1v) is 5.58. The molecule has 0 fully saturated rings. The van der Waals surface area contributed by atoms with E-state index < -0.39 is 0 Å². The molecule has 0 radical (unpaired) electrons. The van der Waals surface area contributed by atoms with Gasteiger partial charge in [-0.25, -0.2) is 9.67 Å². The van der Waals surface area contributed by atoms with Crippen LogP contribution in [0.3, 0.4) is 0 Å². The lowest BCUT2D eigenvalue weighted by atomic mass is 10.3. The first-order valence-electron chi connectivity index (χ1n) is 5.58. The van der Waals surface area contributed by atoms with Gasteiger partial charge in [-0.2, -0.15) is 5.10 Å². The van der Waals surface area contributed by atoms with Gasteiger partial charge in [0.25, 0.3) is 0 Å². The monoisotopic (exact) mass is 237 g/mol. The molecule has 0 aliphatic rings. The number of aromatic nitrogens is 5. The van der Waals surface area contributed by atoms with Crippen molar-refractivity contribution >= 4 is 0 Å². The molecule has 0 amide bonds. The summed E-state index contributed by atoms with van der Waals surface area (Å²) >= 11 is 0. The summed E-state index contributed by atoms with van der Waals surface area (Å²) in [5.41, 5.74) is 2.69. The lowest BCUT2D eigenvalue weighted by Gasteiger charge is -2.00. The van der Waals surface area contributed by atoms with Crippen LogP contribution in [0.15, 0.2) is 49.2 Å². The summed E-state index contributed by atoms with van der Waals surface area (Å²) < 4.78 is 1.73. The summed E-state index contributed by atoms with van der Waals surface area (Å²) in [6.45, 7) is 2.03. The van der Waals surface area contributed by atoms with Crippen molar-refractivity contribution in [2.75, 3.05) is 0 Å². The fourth-order valence-electron chi connectivity index (χ4n) is 1.67. The fourth-order valence-corrected chi connectivity index (χ4v) is 1.67. The Kier molecular flexibility index (Phi) is 2.57. The topological polar surface area (TPSA) is 56.5 Å². The second-order valence-corrected chi connectivity index (χ2v) is 3.93. The predicted octanol–water partition coefficient (Wildman–Crippen LogP) is 2.03. The maximum absolute atomic E-state index is 4.44. The van der Waals surface area contributed by atoms with Crippen LogP contribution in [0.2, 0.25) is 0 Å². The molecule has 0 saturated carbocycles. The second kappa shape index (κ2) is 4.37. The first-order chi connectivity index (χ1) is 8.83. The van der Waals surface area contributed by atoms with E-state index in [4.69, 9.17) is 0 Å². The summed E-state index contributed by atoms with van der Waals surface area (Å²) in [5.74, 6) is 0.796. The Balaban J connectivity index is 2.00. The third-order valence-corrected chi connectivity index (χ3v) is 2.55. The van der Waals surface area contributed by atoms with Crippen LogP contribution in [-0.2, 0) is 0 Å². The van der Waals surface area contributed by atoms with Gasteiger partial charge in [0.2, 0.25) is 0 Å². The SMILES string of the molecule is Cc1ccnc(-n2ccc(-c3cnccn3)n2)c1. The Morgan fingerprint density at radius 2 is 1.94 bits per heavy atom. The summed E-state index contributed by atoms with van der Waals surface area (Å²) in [4.78, 5) is 12.5. The summed E-state index contributed by atoms with van der Waals surface area (Å²) in [7, 11) is 0. The zero-order valence-corrected chi connectivity index (χ0v) is 9.85. The van der Waals surface area contributed by atoms with Gasteiger partial charge in [0.15, 0.2) is 5.82 Å². The van der Waals surface area contributed by atoms with Crippen molar-refractivity contribution in [3.05, 3.63) is 54.7 Å². The second-order valence-electron chi connectivity index (χ2n) is 3.93. The molecular weight excluding hydrogens is 226 g/mol. The average Bonchev–Trinajstić information content (AvgIpc) is 2.89. The molecule has 3 rings (SSSR count). The molecule has 0 aromatic carbocycles. The molecule has 0 saturated heterocycles. The number of rotatable bonds is 2. The Morgan fingerprint density at radius 1 is 1.00 bits per heavy atom. The van der Waals surface area contributed by atoms with Gasteiger partial charge in [0.05, 0.1) is 6.20 Å². The molecule has 0 aliphatic carbocycles. The van der Waals surface area contributed by atoms with E-state index in [9.17, 15) is 0 Å². The van der Waals surface area contributed by atoms with Gasteiger partial charge in [0, 0.05) is 24.8 Å². The molecule has 18 heavy (non-hydrogen) atoms. The normalized spacial score (nSPS) is 10.5. The van der Waals surface area contributed by atoms with Crippen molar-refractivity contribution in [3.8, 4) is 17.2 Å². The molecule has 5 nitrogen and oxygen atoms in total. The molecule has 5 heteroatoms. The molecule has 3 aromatic rings. The highest BCUT2D eigenvalue weighted by molar-refractivity contribution is 5.51. The van der Waals surface area contributed by atoms with Crippen molar-refractivity contribution in [1.29, 1.82) is 0 Å². The lowest BCUT2D eigenvalue weighted by molar-refractivity contribution is 0.846. The highest BCUT2D eigenvalue weighted by atomic mass is 15.3. The van der Waals surface area contributed by atoms with E-state index in [1.54, 1.807) is 29.5 Å². The van der Waals surface area contributed by atoms with E-state index >= 15 is 0 Å². The van der Waals surface area contributed by atoms with Crippen LogP contribution >= 0.6 is 0 Å². The number of nitrogens with zero attached hydrogens (tertiary/aromatic N) is 5. The molecular formula is C13H11N5. The van der Waals surface area contributed by atoms with Gasteiger partial charge in [-0.3, -0.25) is 9.97 Å². The number of pyridine rings is 1. The molecule has 3 aromatic heterocycles. The average molecular weight is 237 g/mol. The highest BCUT2D eigenvalue weighted by Crippen LogP contribution is 2.14. The molecule has 0 N–H and O–H groups in total. The fraction of sp³-hybridized carbons (Fsp3) is 0.0769. The minimum Gasteiger partial charge on any atom is -0.261 e. The molecule has 0 bridgehead atoms. The lowest BCUT2D eigenvalue weighted by Crippen LogP contribution is -1.98. The number of hydrogen-bond donors (Lipinski definition) is 0. The smallest absolute Gasteiger partial charge is 0.153 e. The van der Waals surface area contributed by atoms with E-state index in [0.717, 1.165) is 22.8 Å². The summed E-state index contributed by atoms with van der Waals surface area (Å²) in [6, 6.07) is 5.83. The van der Waals surface area contributed by atoms with Gasteiger partial charge in [-0.05, 0) is 30.7 Å². The van der Waals surface area contributed by atoms with Crippen LogP contribution in [0, 0.1) is 6.92 Å². The Hall–Kier alpha value is -2.56. The molecule has 3 heterocycles. The minimum absolute atomic E-state index is 0.754. The van der Waals surface area contributed by atoms with Gasteiger partial charge in [-0.15, -0.1) is 0 Å². The summed E-state index contributed by atoms with van der Waals surface area (Å²) in [6.07, 6.45) is 8.62. The highest BCUT2D eigenvalue weighted by Gasteiger charge is 2.05. The number of hydrogen-bond acceptors (Lipinski definition) is 4. The standard InChI is InChI=1S/C13H11N5/c1-10-2-4-16-13(8-10)18-7-3-11(17-18)12-9-14-5-6-15-12/h2-9H,1H3. The van der Waals surface area contributed by atoms with Crippen molar-refractivity contribution in [2.24, 2.45) is 0 Å². The van der Waals surface area contributed by atoms with Crippen molar-refractivity contribution < 1.29 is 0 Å². The third-order valence-electron chi connectivity index (χ3n) is 2.55. The maximum Gasteiger partial charge on any atom is 0.153 e.